The van der Waals surface area contributed by atoms with Crippen LogP contribution < -0.4 is 4.74 Å². The van der Waals surface area contributed by atoms with Crippen LogP contribution in [0.4, 0.5) is 13.2 Å². The zero-order valence-electron chi connectivity index (χ0n) is 8.41. The number of rotatable bonds is 3. The molecule has 0 aliphatic carbocycles. The van der Waals surface area contributed by atoms with Crippen LogP contribution in [-0.2, 0) is 4.79 Å². The number of hydrogen-bond donors (Lipinski definition) is 0. The molecule has 1 aromatic rings. The van der Waals surface area contributed by atoms with E-state index in [2.05, 4.69) is 0 Å². The summed E-state index contributed by atoms with van der Waals surface area (Å²) in [7, 11) is 1.48. The lowest BCUT2D eigenvalue weighted by Gasteiger charge is -2.00. The summed E-state index contributed by atoms with van der Waals surface area (Å²) in [6.07, 6.45) is -3.21. The van der Waals surface area contributed by atoms with Gasteiger partial charge in [-0.2, -0.15) is 13.2 Å². The summed E-state index contributed by atoms with van der Waals surface area (Å²) in [6.45, 7) is 0. The van der Waals surface area contributed by atoms with Crippen molar-refractivity contribution in [1.29, 1.82) is 0 Å². The first-order valence-corrected chi connectivity index (χ1v) is 4.37. The highest BCUT2D eigenvalue weighted by Gasteiger charge is 2.35. The van der Waals surface area contributed by atoms with Crippen molar-refractivity contribution in [2.75, 3.05) is 7.11 Å². The summed E-state index contributed by atoms with van der Waals surface area (Å²) >= 11 is 0. The average molecular weight is 230 g/mol. The number of hydrogen-bond acceptors (Lipinski definition) is 2. The first-order valence-electron chi connectivity index (χ1n) is 4.37. The van der Waals surface area contributed by atoms with Gasteiger partial charge >= 0.3 is 6.18 Å². The minimum absolute atomic E-state index is 0.499. The molecule has 0 aliphatic heterocycles. The highest BCUT2D eigenvalue weighted by molar-refractivity contribution is 5.97. The standard InChI is InChI=1S/C11H9F3O2/c1-16-9-5-2-8(3-6-9)4-7-10(15)11(12,13)14/h2-7H,1H3/b7-4+. The monoisotopic (exact) mass is 230 g/mol. The fourth-order valence-corrected chi connectivity index (χ4v) is 0.981. The number of carbonyl (C=O) groups is 1. The van der Waals surface area contributed by atoms with Crippen molar-refractivity contribution in [2.45, 2.75) is 6.18 Å². The maximum atomic E-state index is 11.8. The Morgan fingerprint density at radius 3 is 2.25 bits per heavy atom. The predicted octanol–water partition coefficient (Wildman–Crippen LogP) is 2.84. The van der Waals surface area contributed by atoms with Gasteiger partial charge in [0.05, 0.1) is 7.11 Å². The van der Waals surface area contributed by atoms with Crippen molar-refractivity contribution < 1.29 is 22.7 Å². The van der Waals surface area contributed by atoms with Gasteiger partial charge in [0.1, 0.15) is 5.75 Å². The minimum atomic E-state index is -4.82. The molecule has 0 fully saturated rings. The SMILES string of the molecule is COc1ccc(/C=C/C(=O)C(F)(F)F)cc1. The summed E-state index contributed by atoms with van der Waals surface area (Å²) in [6, 6.07) is 6.30. The third-order valence-electron chi connectivity index (χ3n) is 1.82. The first-order chi connectivity index (χ1) is 7.43. The van der Waals surface area contributed by atoms with Crippen LogP contribution in [0.15, 0.2) is 30.3 Å². The highest BCUT2D eigenvalue weighted by Crippen LogP contribution is 2.18. The Bertz CT molecular complexity index is 391. The van der Waals surface area contributed by atoms with Gasteiger partial charge < -0.3 is 4.74 Å². The molecule has 0 aromatic heterocycles. The summed E-state index contributed by atoms with van der Waals surface area (Å²) < 4.78 is 40.4. The fraction of sp³-hybridized carbons (Fsp3) is 0.182. The van der Waals surface area contributed by atoms with E-state index in [1.54, 1.807) is 24.3 Å². The Hall–Kier alpha value is -1.78. The number of alkyl halides is 3. The van der Waals surface area contributed by atoms with Gasteiger partial charge in [-0.05, 0) is 23.8 Å². The lowest BCUT2D eigenvalue weighted by molar-refractivity contribution is -0.165. The quantitative estimate of drug-likeness (QED) is 0.746. The van der Waals surface area contributed by atoms with Crippen LogP contribution in [-0.4, -0.2) is 19.1 Å². The summed E-state index contributed by atoms with van der Waals surface area (Å²) in [5, 5.41) is 0. The Morgan fingerprint density at radius 2 is 1.81 bits per heavy atom. The van der Waals surface area contributed by atoms with E-state index < -0.39 is 12.0 Å². The number of halogens is 3. The normalized spacial score (nSPS) is 11.8. The van der Waals surface area contributed by atoms with Gasteiger partial charge in [-0.15, -0.1) is 0 Å². The van der Waals surface area contributed by atoms with E-state index in [0.29, 0.717) is 17.4 Å². The molecule has 5 heteroatoms. The van der Waals surface area contributed by atoms with Gasteiger partial charge in [0, 0.05) is 0 Å². The van der Waals surface area contributed by atoms with Gasteiger partial charge in [0.2, 0.25) is 0 Å². The van der Waals surface area contributed by atoms with Crippen molar-refractivity contribution in [3.63, 3.8) is 0 Å². The van der Waals surface area contributed by atoms with Crippen molar-refractivity contribution in [1.82, 2.24) is 0 Å². The molecule has 0 unspecified atom stereocenters. The lowest BCUT2D eigenvalue weighted by atomic mass is 10.2. The van der Waals surface area contributed by atoms with E-state index in [1.165, 1.54) is 7.11 Å². The first kappa shape index (κ1) is 12.3. The van der Waals surface area contributed by atoms with Crippen LogP contribution in [0.1, 0.15) is 5.56 Å². The molecule has 86 valence electrons. The zero-order valence-corrected chi connectivity index (χ0v) is 8.41. The van der Waals surface area contributed by atoms with Gasteiger partial charge in [-0.1, -0.05) is 18.2 Å². The number of ketones is 1. The number of methoxy groups -OCH3 is 1. The summed E-state index contributed by atoms with van der Waals surface area (Å²) in [5.41, 5.74) is 0.499. The molecule has 2 nitrogen and oxygen atoms in total. The van der Waals surface area contributed by atoms with Crippen LogP contribution in [0.25, 0.3) is 6.08 Å². The molecule has 16 heavy (non-hydrogen) atoms. The summed E-state index contributed by atoms with van der Waals surface area (Å²) in [4.78, 5) is 10.5. The van der Waals surface area contributed by atoms with E-state index in [1.807, 2.05) is 0 Å². The van der Waals surface area contributed by atoms with Gasteiger partial charge in [-0.3, -0.25) is 4.79 Å². The Morgan fingerprint density at radius 1 is 1.25 bits per heavy atom. The summed E-state index contributed by atoms with van der Waals surface area (Å²) in [5.74, 6) is -1.28. The number of carbonyl (C=O) groups excluding carboxylic acids is 1. The van der Waals surface area contributed by atoms with Crippen molar-refractivity contribution in [3.8, 4) is 5.75 Å². The molecular formula is C11H9F3O2. The fourth-order valence-electron chi connectivity index (χ4n) is 0.981. The molecule has 0 N–H and O–H groups in total. The van der Waals surface area contributed by atoms with Crippen molar-refractivity contribution in [3.05, 3.63) is 35.9 Å². The second-order valence-electron chi connectivity index (χ2n) is 2.97. The molecule has 0 amide bonds. The zero-order chi connectivity index (χ0) is 12.2. The predicted molar refractivity (Wildman–Crippen MR) is 53.1 cm³/mol. The molecule has 0 saturated carbocycles. The maximum absolute atomic E-state index is 11.8. The van der Waals surface area contributed by atoms with Crippen LogP contribution in [0, 0.1) is 0 Å². The Labute approximate surface area is 90.3 Å². The Balaban J connectivity index is 2.73. The van der Waals surface area contributed by atoms with Crippen LogP contribution in [0.3, 0.4) is 0 Å². The maximum Gasteiger partial charge on any atom is 0.454 e. The minimum Gasteiger partial charge on any atom is -0.497 e. The van der Waals surface area contributed by atoms with Crippen molar-refractivity contribution in [2.24, 2.45) is 0 Å². The number of ether oxygens (including phenoxy) is 1. The topological polar surface area (TPSA) is 26.3 Å². The van der Waals surface area contributed by atoms with Crippen LogP contribution >= 0.6 is 0 Å². The van der Waals surface area contributed by atoms with E-state index in [4.69, 9.17) is 4.74 Å². The van der Waals surface area contributed by atoms with Gasteiger partial charge in [0.15, 0.2) is 0 Å². The van der Waals surface area contributed by atoms with E-state index in [-0.39, 0.29) is 0 Å². The van der Waals surface area contributed by atoms with E-state index in [0.717, 1.165) is 6.08 Å². The number of allylic oxidation sites excluding steroid dienone is 1. The molecule has 0 bridgehead atoms. The van der Waals surface area contributed by atoms with Crippen molar-refractivity contribution >= 4 is 11.9 Å². The molecular weight excluding hydrogens is 221 g/mol. The third kappa shape index (κ3) is 3.42. The largest absolute Gasteiger partial charge is 0.497 e. The molecule has 1 rings (SSSR count). The average Bonchev–Trinajstić information content (AvgIpc) is 2.25. The molecule has 0 spiro atoms. The molecule has 0 atom stereocenters. The van der Waals surface area contributed by atoms with Crippen LogP contribution in [0.2, 0.25) is 0 Å². The molecule has 0 saturated heterocycles. The molecule has 0 radical (unpaired) electrons. The lowest BCUT2D eigenvalue weighted by Crippen LogP contribution is -2.19. The van der Waals surface area contributed by atoms with Gasteiger partial charge in [-0.25, -0.2) is 0 Å². The van der Waals surface area contributed by atoms with Gasteiger partial charge in [0.25, 0.3) is 5.78 Å². The second kappa shape index (κ2) is 4.83. The smallest absolute Gasteiger partial charge is 0.454 e. The van der Waals surface area contributed by atoms with E-state index >= 15 is 0 Å². The molecule has 1 aromatic carbocycles. The number of benzene rings is 1. The van der Waals surface area contributed by atoms with E-state index in [9.17, 15) is 18.0 Å². The third-order valence-corrected chi connectivity index (χ3v) is 1.82. The highest BCUT2D eigenvalue weighted by atomic mass is 19.4. The Kier molecular flexibility index (Phi) is 3.71. The second-order valence-corrected chi connectivity index (χ2v) is 2.97. The molecule has 0 aliphatic rings. The molecule has 0 heterocycles. The van der Waals surface area contributed by atoms with Crippen LogP contribution in [0.5, 0.6) is 5.75 Å².